The summed E-state index contributed by atoms with van der Waals surface area (Å²) in [6, 6.07) is 8.79. The number of amides is 1. The second-order valence-corrected chi connectivity index (χ2v) is 7.95. The van der Waals surface area contributed by atoms with Gasteiger partial charge in [0.15, 0.2) is 11.5 Å². The Hall–Kier alpha value is -3.72. The number of methoxy groups -OCH3 is 3. The van der Waals surface area contributed by atoms with E-state index < -0.39 is 5.97 Å². The molecule has 0 radical (unpaired) electrons. The van der Waals surface area contributed by atoms with Gasteiger partial charge in [-0.2, -0.15) is 0 Å². The summed E-state index contributed by atoms with van der Waals surface area (Å²) in [5, 5.41) is 13.6. The quantitative estimate of drug-likeness (QED) is 0.491. The van der Waals surface area contributed by atoms with E-state index >= 15 is 0 Å². The van der Waals surface area contributed by atoms with Gasteiger partial charge in [0.2, 0.25) is 5.91 Å². The van der Waals surface area contributed by atoms with E-state index in [-0.39, 0.29) is 29.9 Å². The van der Waals surface area contributed by atoms with Crippen molar-refractivity contribution in [3.8, 4) is 17.2 Å². The number of aromatic amines is 1. The number of phenols is 1. The molecule has 1 aliphatic heterocycles. The van der Waals surface area contributed by atoms with Gasteiger partial charge in [-0.25, -0.2) is 4.79 Å². The summed E-state index contributed by atoms with van der Waals surface area (Å²) in [7, 11) is 4.36. The molecule has 0 saturated heterocycles. The number of aromatic nitrogens is 1. The van der Waals surface area contributed by atoms with Crippen molar-refractivity contribution in [3.63, 3.8) is 0 Å². The molecule has 0 aliphatic carbocycles. The number of rotatable bonds is 6. The molecule has 1 aromatic heterocycles. The zero-order chi connectivity index (χ0) is 23.7. The fourth-order valence-electron chi connectivity index (χ4n) is 4.32. The number of H-pyrrole nitrogens is 1. The highest BCUT2D eigenvalue weighted by molar-refractivity contribution is 6.11. The van der Waals surface area contributed by atoms with Gasteiger partial charge in [0.05, 0.1) is 39.1 Å². The van der Waals surface area contributed by atoms with Gasteiger partial charge in [0.1, 0.15) is 11.4 Å². The summed E-state index contributed by atoms with van der Waals surface area (Å²) in [6.07, 6.45) is 0.699. The van der Waals surface area contributed by atoms with Crippen molar-refractivity contribution < 1.29 is 28.9 Å². The van der Waals surface area contributed by atoms with Gasteiger partial charge in [0, 0.05) is 24.0 Å². The van der Waals surface area contributed by atoms with Crippen molar-refractivity contribution in [2.24, 2.45) is 0 Å². The number of carbonyl (C=O) groups excluding carboxylic acids is 2. The topological polar surface area (TPSA) is 113 Å². The highest BCUT2D eigenvalue weighted by atomic mass is 16.5. The monoisotopic (exact) mass is 453 g/mol. The van der Waals surface area contributed by atoms with Crippen LogP contribution in [0.1, 0.15) is 34.6 Å². The van der Waals surface area contributed by atoms with Crippen molar-refractivity contribution in [2.45, 2.75) is 19.4 Å². The maximum Gasteiger partial charge on any atom is 0.356 e. The van der Waals surface area contributed by atoms with Crippen LogP contribution in [0.15, 0.2) is 30.3 Å². The van der Waals surface area contributed by atoms with Crippen LogP contribution in [-0.2, 0) is 16.0 Å². The predicted octanol–water partition coefficient (Wildman–Crippen LogP) is 3.24. The second kappa shape index (κ2) is 9.03. The number of hydrogen-bond donors (Lipinski definition) is 3. The number of esters is 1. The summed E-state index contributed by atoms with van der Waals surface area (Å²) in [4.78, 5) is 30.4. The van der Waals surface area contributed by atoms with Crippen molar-refractivity contribution in [3.05, 3.63) is 47.2 Å². The number of ether oxygens (including phenoxy) is 3. The van der Waals surface area contributed by atoms with Crippen LogP contribution in [0, 0.1) is 0 Å². The summed E-state index contributed by atoms with van der Waals surface area (Å²) in [5.74, 6) is 0.315. The van der Waals surface area contributed by atoms with Gasteiger partial charge >= 0.3 is 5.97 Å². The Labute approximate surface area is 191 Å². The summed E-state index contributed by atoms with van der Waals surface area (Å²) < 4.78 is 15.4. The average molecular weight is 453 g/mol. The summed E-state index contributed by atoms with van der Waals surface area (Å²) in [5.41, 5.74) is 3.25. The number of benzene rings is 2. The Morgan fingerprint density at radius 2 is 1.97 bits per heavy atom. The first-order valence-corrected chi connectivity index (χ1v) is 10.6. The zero-order valence-electron chi connectivity index (χ0n) is 19.0. The standard InChI is InChI=1S/C24H27N3O6/c1-13-17-11-20(32-3)19(28)9-14(17)7-8-27(13)12-21(29)26-22-16-6-5-15(31-2)10-18(16)25-23(22)24(30)33-4/h5-6,9-11,13,25,28H,7-8,12H2,1-4H3,(H,26,29). The third-order valence-corrected chi connectivity index (χ3v) is 6.11. The van der Waals surface area contributed by atoms with Crippen LogP contribution in [0.2, 0.25) is 0 Å². The summed E-state index contributed by atoms with van der Waals surface area (Å²) >= 11 is 0. The first kappa shape index (κ1) is 22.5. The number of fused-ring (bicyclic) bond motifs is 2. The molecule has 9 nitrogen and oxygen atoms in total. The fraction of sp³-hybridized carbons (Fsp3) is 0.333. The van der Waals surface area contributed by atoms with Gasteiger partial charge in [-0.05, 0) is 48.7 Å². The molecule has 1 unspecified atom stereocenters. The molecule has 2 heterocycles. The highest BCUT2D eigenvalue weighted by Gasteiger charge is 2.28. The molecule has 2 aromatic carbocycles. The lowest BCUT2D eigenvalue weighted by atomic mass is 9.93. The Balaban J connectivity index is 1.57. The van der Waals surface area contributed by atoms with Crippen molar-refractivity contribution in [1.29, 1.82) is 0 Å². The summed E-state index contributed by atoms with van der Waals surface area (Å²) in [6.45, 7) is 2.80. The normalized spacial score (nSPS) is 15.7. The predicted molar refractivity (Wildman–Crippen MR) is 123 cm³/mol. The number of phenolic OH excluding ortho intramolecular Hbond substituents is 1. The minimum absolute atomic E-state index is 0.0543. The van der Waals surface area contributed by atoms with Crippen LogP contribution in [0.5, 0.6) is 17.2 Å². The van der Waals surface area contributed by atoms with Crippen LogP contribution in [-0.4, -0.2) is 61.3 Å². The molecule has 4 rings (SSSR count). The minimum Gasteiger partial charge on any atom is -0.504 e. The largest absolute Gasteiger partial charge is 0.504 e. The van der Waals surface area contributed by atoms with Gasteiger partial charge < -0.3 is 29.6 Å². The molecule has 0 fully saturated rings. The van der Waals surface area contributed by atoms with E-state index in [1.807, 2.05) is 17.9 Å². The number of nitrogens with zero attached hydrogens (tertiary/aromatic N) is 1. The lowest BCUT2D eigenvalue weighted by molar-refractivity contribution is -0.117. The van der Waals surface area contributed by atoms with E-state index in [0.29, 0.717) is 41.1 Å². The minimum atomic E-state index is -0.576. The first-order chi connectivity index (χ1) is 15.9. The molecule has 0 spiro atoms. The lowest BCUT2D eigenvalue weighted by Crippen LogP contribution is -2.39. The highest BCUT2D eigenvalue weighted by Crippen LogP contribution is 2.37. The Bertz CT molecular complexity index is 1220. The van der Waals surface area contributed by atoms with E-state index in [9.17, 15) is 14.7 Å². The first-order valence-electron chi connectivity index (χ1n) is 10.6. The maximum absolute atomic E-state index is 13.0. The van der Waals surface area contributed by atoms with Crippen LogP contribution in [0.25, 0.3) is 10.9 Å². The fourth-order valence-corrected chi connectivity index (χ4v) is 4.32. The molecule has 0 saturated carbocycles. The molecule has 9 heteroatoms. The van der Waals surface area contributed by atoms with Gasteiger partial charge in [-0.3, -0.25) is 9.69 Å². The van der Waals surface area contributed by atoms with Gasteiger partial charge in [-0.1, -0.05) is 0 Å². The van der Waals surface area contributed by atoms with E-state index in [2.05, 4.69) is 10.3 Å². The average Bonchev–Trinajstić information content (AvgIpc) is 3.17. The number of hydrogen-bond acceptors (Lipinski definition) is 7. The van der Waals surface area contributed by atoms with Crippen LogP contribution < -0.4 is 14.8 Å². The van der Waals surface area contributed by atoms with Gasteiger partial charge in [0.25, 0.3) is 0 Å². The Morgan fingerprint density at radius 3 is 2.67 bits per heavy atom. The van der Waals surface area contributed by atoms with Crippen LogP contribution in [0.3, 0.4) is 0 Å². The smallest absolute Gasteiger partial charge is 0.356 e. The molecule has 1 atom stereocenters. The van der Waals surface area contributed by atoms with Gasteiger partial charge in [-0.15, -0.1) is 0 Å². The molecule has 3 aromatic rings. The SMILES string of the molecule is COC(=O)c1[nH]c2cc(OC)ccc2c1NC(=O)CN1CCc2cc(O)c(OC)cc2C1C. The number of aromatic hydroxyl groups is 1. The van der Waals surface area contributed by atoms with E-state index in [1.54, 1.807) is 31.4 Å². The Kier molecular flexibility index (Phi) is 6.15. The lowest BCUT2D eigenvalue weighted by Gasteiger charge is -2.35. The molecule has 174 valence electrons. The third kappa shape index (κ3) is 4.19. The van der Waals surface area contributed by atoms with Crippen molar-refractivity contribution in [1.82, 2.24) is 9.88 Å². The molecular weight excluding hydrogens is 426 g/mol. The molecule has 3 N–H and O–H groups in total. The third-order valence-electron chi connectivity index (χ3n) is 6.11. The number of carbonyl (C=O) groups is 2. The second-order valence-electron chi connectivity index (χ2n) is 7.95. The number of nitrogens with one attached hydrogen (secondary N) is 2. The number of anilines is 1. The van der Waals surface area contributed by atoms with E-state index in [1.165, 1.54) is 14.2 Å². The van der Waals surface area contributed by atoms with E-state index in [0.717, 1.165) is 11.1 Å². The zero-order valence-corrected chi connectivity index (χ0v) is 19.0. The van der Waals surface area contributed by atoms with Crippen molar-refractivity contribution in [2.75, 3.05) is 39.7 Å². The van der Waals surface area contributed by atoms with Crippen LogP contribution >= 0.6 is 0 Å². The molecular formula is C24H27N3O6. The Morgan fingerprint density at radius 1 is 1.18 bits per heavy atom. The molecule has 33 heavy (non-hydrogen) atoms. The van der Waals surface area contributed by atoms with Crippen molar-refractivity contribution >= 4 is 28.5 Å². The van der Waals surface area contributed by atoms with E-state index in [4.69, 9.17) is 14.2 Å². The maximum atomic E-state index is 13.0. The molecule has 1 aliphatic rings. The molecule has 0 bridgehead atoms. The molecule has 1 amide bonds. The van der Waals surface area contributed by atoms with Crippen LogP contribution in [0.4, 0.5) is 5.69 Å².